The van der Waals surface area contributed by atoms with Crippen molar-refractivity contribution < 1.29 is 19.1 Å². The molecule has 1 heterocycles. The fourth-order valence-electron chi connectivity index (χ4n) is 3.46. The van der Waals surface area contributed by atoms with Crippen molar-refractivity contribution in [2.75, 3.05) is 16.8 Å². The van der Waals surface area contributed by atoms with Crippen LogP contribution < -0.4 is 15.0 Å². The molecule has 1 N–H and O–H groups in total. The summed E-state index contributed by atoms with van der Waals surface area (Å²) in [5, 5.41) is 2.78. The summed E-state index contributed by atoms with van der Waals surface area (Å²) in [5.74, 6) is -0.638. The third-order valence-electron chi connectivity index (χ3n) is 5.04. The van der Waals surface area contributed by atoms with Gasteiger partial charge in [-0.1, -0.05) is 43.7 Å². The first-order valence-electron chi connectivity index (χ1n) is 10.2. The molecule has 31 heavy (non-hydrogen) atoms. The van der Waals surface area contributed by atoms with E-state index in [1.807, 2.05) is 6.07 Å². The summed E-state index contributed by atoms with van der Waals surface area (Å²) in [6.07, 6.45) is 1.95. The Morgan fingerprint density at radius 2 is 1.71 bits per heavy atom. The second-order valence-electron chi connectivity index (χ2n) is 7.19. The Hall–Kier alpha value is -3.93. The van der Waals surface area contributed by atoms with Crippen LogP contribution in [0.2, 0.25) is 0 Å². The topological polar surface area (TPSA) is 75.7 Å². The summed E-state index contributed by atoms with van der Waals surface area (Å²) in [6.45, 7) is 2.66. The van der Waals surface area contributed by atoms with Crippen molar-refractivity contribution in [1.82, 2.24) is 0 Å². The molecular formula is C25H22N2O4. The van der Waals surface area contributed by atoms with E-state index in [0.29, 0.717) is 29.3 Å². The van der Waals surface area contributed by atoms with Gasteiger partial charge in [-0.3, -0.25) is 14.4 Å². The Morgan fingerprint density at radius 3 is 2.48 bits per heavy atom. The molecule has 156 valence electrons. The van der Waals surface area contributed by atoms with Crippen LogP contribution >= 0.6 is 0 Å². The predicted octanol–water partition coefficient (Wildman–Crippen LogP) is 4.92. The Bertz CT molecular complexity index is 1140. The average Bonchev–Trinajstić information content (AvgIpc) is 3.05. The maximum atomic E-state index is 13.1. The molecule has 0 bridgehead atoms. The molecule has 0 fully saturated rings. The lowest BCUT2D eigenvalue weighted by Crippen LogP contribution is -2.29. The normalized spacial score (nSPS) is 12.6. The van der Waals surface area contributed by atoms with Crippen LogP contribution in [-0.4, -0.2) is 24.3 Å². The lowest BCUT2D eigenvalue weighted by atomic mass is 10.1. The number of unbranched alkanes of at least 4 members (excludes halogenated alkanes) is 1. The second-order valence-corrected chi connectivity index (χ2v) is 7.19. The van der Waals surface area contributed by atoms with Crippen LogP contribution in [0.3, 0.4) is 0 Å². The average molecular weight is 414 g/mol. The fourth-order valence-corrected chi connectivity index (χ4v) is 3.46. The minimum absolute atomic E-state index is 0.194. The SMILES string of the molecule is CCCCOc1cccc(C(=O)Nc2cccc3c2C(=O)N(c2ccccc2)C3=O)c1. The molecule has 3 aromatic rings. The zero-order valence-electron chi connectivity index (χ0n) is 17.1. The number of rotatable bonds is 7. The third kappa shape index (κ3) is 4.05. The molecule has 6 nitrogen and oxygen atoms in total. The van der Waals surface area contributed by atoms with Gasteiger partial charge in [-0.05, 0) is 48.9 Å². The van der Waals surface area contributed by atoms with Gasteiger partial charge < -0.3 is 10.1 Å². The third-order valence-corrected chi connectivity index (χ3v) is 5.04. The van der Waals surface area contributed by atoms with Crippen LogP contribution in [0.15, 0.2) is 72.8 Å². The van der Waals surface area contributed by atoms with Crippen molar-refractivity contribution >= 4 is 29.1 Å². The number of imide groups is 1. The van der Waals surface area contributed by atoms with Crippen LogP contribution in [0, 0.1) is 0 Å². The maximum absolute atomic E-state index is 13.1. The van der Waals surface area contributed by atoms with E-state index in [4.69, 9.17) is 4.74 Å². The first-order chi connectivity index (χ1) is 15.1. The fraction of sp³-hybridized carbons (Fsp3) is 0.160. The van der Waals surface area contributed by atoms with Crippen LogP contribution in [0.4, 0.5) is 11.4 Å². The molecule has 0 radical (unpaired) electrons. The number of nitrogens with zero attached hydrogens (tertiary/aromatic N) is 1. The zero-order valence-corrected chi connectivity index (χ0v) is 17.1. The number of anilines is 2. The van der Waals surface area contributed by atoms with Crippen molar-refractivity contribution in [2.45, 2.75) is 19.8 Å². The smallest absolute Gasteiger partial charge is 0.268 e. The molecule has 1 aliphatic heterocycles. The van der Waals surface area contributed by atoms with E-state index in [1.165, 1.54) is 0 Å². The molecule has 0 saturated carbocycles. The molecule has 3 amide bonds. The van der Waals surface area contributed by atoms with E-state index < -0.39 is 11.8 Å². The first-order valence-corrected chi connectivity index (χ1v) is 10.2. The Balaban J connectivity index is 1.59. The molecule has 3 aromatic carbocycles. The van der Waals surface area contributed by atoms with Gasteiger partial charge in [-0.15, -0.1) is 0 Å². The van der Waals surface area contributed by atoms with Gasteiger partial charge >= 0.3 is 0 Å². The summed E-state index contributed by atoms with van der Waals surface area (Å²) >= 11 is 0. The van der Waals surface area contributed by atoms with Crippen molar-refractivity contribution in [3.8, 4) is 5.75 Å². The van der Waals surface area contributed by atoms with E-state index in [-0.39, 0.29) is 17.0 Å². The van der Waals surface area contributed by atoms with Crippen LogP contribution in [0.25, 0.3) is 0 Å². The minimum atomic E-state index is -0.459. The summed E-state index contributed by atoms with van der Waals surface area (Å²) in [6, 6.07) is 20.5. The molecule has 1 aliphatic rings. The molecule has 0 atom stereocenters. The van der Waals surface area contributed by atoms with Gasteiger partial charge in [0.05, 0.1) is 29.1 Å². The number of hydrogen-bond donors (Lipinski definition) is 1. The Morgan fingerprint density at radius 1 is 0.935 bits per heavy atom. The minimum Gasteiger partial charge on any atom is -0.494 e. The quantitative estimate of drug-likeness (QED) is 0.440. The highest BCUT2D eigenvalue weighted by molar-refractivity contribution is 6.36. The Kier molecular flexibility index (Phi) is 5.80. The highest BCUT2D eigenvalue weighted by atomic mass is 16.5. The van der Waals surface area contributed by atoms with E-state index in [9.17, 15) is 14.4 Å². The van der Waals surface area contributed by atoms with Crippen molar-refractivity contribution in [1.29, 1.82) is 0 Å². The number of ether oxygens (including phenoxy) is 1. The van der Waals surface area contributed by atoms with Gasteiger partial charge in [0.25, 0.3) is 17.7 Å². The summed E-state index contributed by atoms with van der Waals surface area (Å²) in [7, 11) is 0. The first kappa shape index (κ1) is 20.3. The molecular weight excluding hydrogens is 392 g/mol. The van der Waals surface area contributed by atoms with Crippen LogP contribution in [0.1, 0.15) is 50.8 Å². The van der Waals surface area contributed by atoms with Gasteiger partial charge in [0, 0.05) is 5.56 Å². The highest BCUT2D eigenvalue weighted by Gasteiger charge is 2.38. The standard InChI is InChI=1S/C25H22N2O4/c1-2-3-15-31-19-12-7-9-17(16-19)23(28)26-21-14-8-13-20-22(21)25(30)27(24(20)29)18-10-5-4-6-11-18/h4-14,16H,2-3,15H2,1H3,(H,26,28). The highest BCUT2D eigenvalue weighted by Crippen LogP contribution is 2.33. The van der Waals surface area contributed by atoms with Gasteiger partial charge in [0.1, 0.15) is 5.75 Å². The second kappa shape index (κ2) is 8.83. The number of para-hydroxylation sites is 1. The maximum Gasteiger partial charge on any atom is 0.268 e. The molecule has 0 spiro atoms. The van der Waals surface area contributed by atoms with E-state index in [2.05, 4.69) is 12.2 Å². The Labute approximate surface area is 180 Å². The number of hydrogen-bond acceptors (Lipinski definition) is 4. The van der Waals surface area contributed by atoms with Gasteiger partial charge in [-0.25, -0.2) is 4.90 Å². The summed E-state index contributed by atoms with van der Waals surface area (Å²) < 4.78 is 5.67. The van der Waals surface area contributed by atoms with E-state index in [1.54, 1.807) is 66.7 Å². The number of benzene rings is 3. The molecule has 0 unspecified atom stereocenters. The number of carbonyl (C=O) groups excluding carboxylic acids is 3. The van der Waals surface area contributed by atoms with E-state index >= 15 is 0 Å². The van der Waals surface area contributed by atoms with Gasteiger partial charge in [0.15, 0.2) is 0 Å². The lowest BCUT2D eigenvalue weighted by Gasteiger charge is -2.14. The molecule has 6 heteroatoms. The monoisotopic (exact) mass is 414 g/mol. The largest absolute Gasteiger partial charge is 0.494 e. The number of nitrogens with one attached hydrogen (secondary N) is 1. The predicted molar refractivity (Wildman–Crippen MR) is 119 cm³/mol. The zero-order chi connectivity index (χ0) is 21.8. The van der Waals surface area contributed by atoms with Crippen molar-refractivity contribution in [3.63, 3.8) is 0 Å². The number of carbonyl (C=O) groups is 3. The summed E-state index contributed by atoms with van der Waals surface area (Å²) in [5.41, 5.74) is 1.66. The molecule has 0 aliphatic carbocycles. The molecule has 0 saturated heterocycles. The number of amides is 3. The molecule has 4 rings (SSSR count). The van der Waals surface area contributed by atoms with E-state index in [0.717, 1.165) is 17.7 Å². The molecule has 0 aromatic heterocycles. The van der Waals surface area contributed by atoms with Gasteiger partial charge in [-0.2, -0.15) is 0 Å². The van der Waals surface area contributed by atoms with Crippen LogP contribution in [-0.2, 0) is 0 Å². The number of fused-ring (bicyclic) bond motifs is 1. The van der Waals surface area contributed by atoms with Crippen LogP contribution in [0.5, 0.6) is 5.75 Å². The van der Waals surface area contributed by atoms with Gasteiger partial charge in [0.2, 0.25) is 0 Å². The van der Waals surface area contributed by atoms with Crippen molar-refractivity contribution in [3.05, 3.63) is 89.5 Å². The lowest BCUT2D eigenvalue weighted by molar-refractivity contribution is 0.0926. The summed E-state index contributed by atoms with van der Waals surface area (Å²) in [4.78, 5) is 39.9. The van der Waals surface area contributed by atoms with Crippen molar-refractivity contribution in [2.24, 2.45) is 0 Å².